The summed E-state index contributed by atoms with van der Waals surface area (Å²) in [7, 11) is 4.26. The summed E-state index contributed by atoms with van der Waals surface area (Å²) >= 11 is -1.06. The van der Waals surface area contributed by atoms with Crippen LogP contribution in [0.4, 0.5) is 5.69 Å². The van der Waals surface area contributed by atoms with Crippen LogP contribution >= 0.6 is 0 Å². The van der Waals surface area contributed by atoms with E-state index in [-0.39, 0.29) is 0 Å². The first-order valence-electron chi connectivity index (χ1n) is 6.12. The summed E-state index contributed by atoms with van der Waals surface area (Å²) in [6.45, 7) is 0. The van der Waals surface area contributed by atoms with E-state index in [4.69, 9.17) is 0 Å². The van der Waals surface area contributed by atoms with E-state index < -0.39 is 17.9 Å². The number of hydrogen-bond donors (Lipinski definition) is 0. The number of nitrogens with zero attached hydrogens (tertiary/aromatic N) is 1. The fourth-order valence-corrected chi connectivity index (χ4v) is 5.30. The molecular weight excluding hydrogens is 242 g/mol. The maximum absolute atomic E-state index is 2.49. The van der Waals surface area contributed by atoms with Crippen molar-refractivity contribution in [1.82, 2.24) is 0 Å². The number of allylic oxidation sites excluding steroid dienone is 4. The van der Waals surface area contributed by atoms with Gasteiger partial charge in [0, 0.05) is 0 Å². The molecule has 89 valence electrons. The van der Waals surface area contributed by atoms with Gasteiger partial charge in [0.1, 0.15) is 0 Å². The molecule has 17 heavy (non-hydrogen) atoms. The van der Waals surface area contributed by atoms with Gasteiger partial charge in [-0.1, -0.05) is 0 Å². The molecule has 0 bridgehead atoms. The molecule has 0 saturated carbocycles. The van der Waals surface area contributed by atoms with Gasteiger partial charge in [0.15, 0.2) is 0 Å². The first-order chi connectivity index (χ1) is 8.18. The number of hydrogen-bond acceptors (Lipinski definition) is 1. The molecule has 1 aromatic rings. The van der Waals surface area contributed by atoms with Gasteiger partial charge in [-0.15, -0.1) is 0 Å². The zero-order valence-corrected chi connectivity index (χ0v) is 12.5. The van der Waals surface area contributed by atoms with Crippen LogP contribution in [-0.4, -0.2) is 14.1 Å². The first kappa shape index (κ1) is 12.7. The number of para-hydroxylation sites is 1. The van der Waals surface area contributed by atoms with Crippen molar-refractivity contribution in [3.8, 4) is 0 Å². The Morgan fingerprint density at radius 2 is 2.00 bits per heavy atom. The molecule has 0 heterocycles. The Morgan fingerprint density at radius 1 is 1.24 bits per heavy atom. The summed E-state index contributed by atoms with van der Waals surface area (Å²) in [5, 5.41) is 2.49. The zero-order chi connectivity index (χ0) is 12.3. The Kier molecular flexibility index (Phi) is 4.25. The van der Waals surface area contributed by atoms with E-state index >= 15 is 0 Å². The minimum atomic E-state index is -1.06. The molecule has 0 aliphatic heterocycles. The summed E-state index contributed by atoms with van der Waals surface area (Å²) in [5.41, 5.74) is 2.90. The van der Waals surface area contributed by atoms with Crippen molar-refractivity contribution >= 4 is 5.69 Å². The predicted octanol–water partition coefficient (Wildman–Crippen LogP) is 3.76. The van der Waals surface area contributed by atoms with Gasteiger partial charge in [0.2, 0.25) is 0 Å². The quantitative estimate of drug-likeness (QED) is 0.747. The van der Waals surface area contributed by atoms with E-state index in [1.807, 2.05) is 0 Å². The molecule has 0 unspecified atom stereocenters. The third-order valence-electron chi connectivity index (χ3n) is 3.25. The third kappa shape index (κ3) is 3.11. The SMILES string of the molecule is CN(C)c1ccccc1[CH2][Ti]([CH3])[C]1=CC=CC1. The second-order valence-electron chi connectivity index (χ2n) is 4.80. The Balaban J connectivity index is 2.13. The molecule has 0 aromatic heterocycles. The molecule has 2 heteroatoms. The summed E-state index contributed by atoms with van der Waals surface area (Å²) in [5.74, 6) is 0. The van der Waals surface area contributed by atoms with Crippen LogP contribution in [0.1, 0.15) is 12.0 Å². The van der Waals surface area contributed by atoms with Crippen molar-refractivity contribution in [2.24, 2.45) is 0 Å². The summed E-state index contributed by atoms with van der Waals surface area (Å²) in [6, 6.07) is 8.80. The molecule has 1 aliphatic carbocycles. The summed E-state index contributed by atoms with van der Waals surface area (Å²) in [6.07, 6.45) is 8.04. The fraction of sp³-hybridized carbons (Fsp3) is 0.333. The molecule has 0 N–H and O–H groups in total. The van der Waals surface area contributed by atoms with Gasteiger partial charge in [-0.3, -0.25) is 0 Å². The second kappa shape index (κ2) is 5.70. The number of rotatable bonds is 4. The van der Waals surface area contributed by atoms with Crippen molar-refractivity contribution in [3.63, 3.8) is 0 Å². The Bertz CT molecular complexity index is 446. The Hall–Kier alpha value is -0.786. The van der Waals surface area contributed by atoms with Gasteiger partial charge in [-0.05, 0) is 0 Å². The van der Waals surface area contributed by atoms with E-state index in [1.165, 1.54) is 22.4 Å². The van der Waals surface area contributed by atoms with Crippen LogP contribution < -0.4 is 4.90 Å². The monoisotopic (exact) mass is 262 g/mol. The molecule has 0 amide bonds. The second-order valence-corrected chi connectivity index (χ2v) is 8.80. The minimum absolute atomic E-state index is 1.06. The number of benzene rings is 1. The summed E-state index contributed by atoms with van der Waals surface area (Å²) in [4.78, 5) is 2.22. The van der Waals surface area contributed by atoms with Gasteiger partial charge in [0.25, 0.3) is 0 Å². The molecule has 0 atom stereocenters. The van der Waals surface area contributed by atoms with Gasteiger partial charge in [-0.25, -0.2) is 0 Å². The average molecular weight is 262 g/mol. The molecule has 0 fully saturated rings. The molecule has 0 spiro atoms. The van der Waals surface area contributed by atoms with Crippen LogP contribution in [0.2, 0.25) is 5.23 Å². The maximum atomic E-state index is 2.49. The van der Waals surface area contributed by atoms with Crippen molar-refractivity contribution in [2.75, 3.05) is 19.0 Å². The fourth-order valence-electron chi connectivity index (χ4n) is 2.26. The summed E-state index contributed by atoms with van der Waals surface area (Å²) < 4.78 is 3.01. The van der Waals surface area contributed by atoms with Crippen molar-refractivity contribution in [2.45, 2.75) is 16.4 Å². The molecule has 0 saturated heterocycles. The Labute approximate surface area is 111 Å². The van der Waals surface area contributed by atoms with E-state index in [0.717, 1.165) is 0 Å². The van der Waals surface area contributed by atoms with Gasteiger partial charge in [0.05, 0.1) is 0 Å². The van der Waals surface area contributed by atoms with E-state index in [9.17, 15) is 0 Å². The van der Waals surface area contributed by atoms with Crippen LogP contribution in [0.15, 0.2) is 46.4 Å². The van der Waals surface area contributed by atoms with Crippen LogP contribution in [-0.2, 0) is 22.6 Å². The molecule has 2 rings (SSSR count). The average Bonchev–Trinajstić information content (AvgIpc) is 2.83. The first-order valence-corrected chi connectivity index (χ1v) is 9.57. The Morgan fingerprint density at radius 3 is 2.65 bits per heavy atom. The van der Waals surface area contributed by atoms with E-state index in [0.29, 0.717) is 0 Å². The zero-order valence-electron chi connectivity index (χ0n) is 10.9. The van der Waals surface area contributed by atoms with Crippen molar-refractivity contribution in [3.05, 3.63) is 51.9 Å². The van der Waals surface area contributed by atoms with Crippen molar-refractivity contribution < 1.29 is 17.9 Å². The van der Waals surface area contributed by atoms with Crippen LogP contribution in [0, 0.1) is 0 Å². The molecular formula is C15H20NTi. The number of anilines is 1. The van der Waals surface area contributed by atoms with Crippen molar-refractivity contribution in [1.29, 1.82) is 0 Å². The van der Waals surface area contributed by atoms with Gasteiger partial charge >= 0.3 is 111 Å². The molecule has 1 aromatic carbocycles. The predicted molar refractivity (Wildman–Crippen MR) is 72.2 cm³/mol. The molecule has 1 nitrogen and oxygen atoms in total. The van der Waals surface area contributed by atoms with Gasteiger partial charge < -0.3 is 0 Å². The van der Waals surface area contributed by atoms with Crippen LogP contribution in [0.5, 0.6) is 0 Å². The third-order valence-corrected chi connectivity index (χ3v) is 6.96. The van der Waals surface area contributed by atoms with Gasteiger partial charge in [-0.2, -0.15) is 0 Å². The van der Waals surface area contributed by atoms with Crippen LogP contribution in [0.25, 0.3) is 0 Å². The topological polar surface area (TPSA) is 3.24 Å². The normalized spacial score (nSPS) is 13.7. The van der Waals surface area contributed by atoms with E-state index in [2.05, 4.69) is 66.7 Å². The standard InChI is InChI=1S/C9H12N.C5H5.CH3.Ti/c1-8-6-4-5-7-9(8)10(2)3;1-2-4-5-3-1;;/h4-7H,1H2,2-3H3;1-3H,4H2;1H3;. The molecule has 0 radical (unpaired) electrons. The molecule has 1 aliphatic rings. The van der Waals surface area contributed by atoms with Crippen LogP contribution in [0.3, 0.4) is 0 Å². The van der Waals surface area contributed by atoms with E-state index in [1.54, 1.807) is 3.88 Å².